The van der Waals surface area contributed by atoms with Crippen molar-refractivity contribution in [3.05, 3.63) is 46.5 Å². The first-order valence-electron chi connectivity index (χ1n) is 7.72. The van der Waals surface area contributed by atoms with E-state index in [1.165, 1.54) is 10.6 Å². The molecule has 0 saturated carbocycles. The van der Waals surface area contributed by atoms with Crippen molar-refractivity contribution < 1.29 is 9.53 Å². The molecule has 1 aliphatic heterocycles. The Labute approximate surface area is 133 Å². The van der Waals surface area contributed by atoms with Crippen LogP contribution in [0.15, 0.2) is 35.4 Å². The van der Waals surface area contributed by atoms with Gasteiger partial charge in [-0.1, -0.05) is 6.07 Å². The molecule has 122 valence electrons. The highest BCUT2D eigenvalue weighted by atomic mass is 16.5. The summed E-state index contributed by atoms with van der Waals surface area (Å²) in [6.45, 7) is 5.82. The summed E-state index contributed by atoms with van der Waals surface area (Å²) in [4.78, 5) is 31.1. The molecule has 0 aliphatic carbocycles. The van der Waals surface area contributed by atoms with Crippen molar-refractivity contribution in [2.75, 3.05) is 32.8 Å². The van der Waals surface area contributed by atoms with E-state index in [2.05, 4.69) is 15.2 Å². The standard InChI is InChI=1S/C16H20N4O3/c1-12(11-19-6-8-23-9-7-19)18-15(21)13-10-17-14-4-2-3-5-20(14)16(13)22/h2-5,10,12H,6-9,11H2,1H3,(H,18,21)/t12-/m1/s1. The minimum Gasteiger partial charge on any atom is -0.379 e. The van der Waals surface area contributed by atoms with Crippen molar-refractivity contribution >= 4 is 11.6 Å². The van der Waals surface area contributed by atoms with Crippen molar-refractivity contribution in [3.63, 3.8) is 0 Å². The molecule has 0 spiro atoms. The first kappa shape index (κ1) is 15.6. The molecule has 1 N–H and O–H groups in total. The monoisotopic (exact) mass is 316 g/mol. The number of morpholine rings is 1. The summed E-state index contributed by atoms with van der Waals surface area (Å²) in [6.07, 6.45) is 2.95. The molecule has 7 heteroatoms. The number of carbonyl (C=O) groups excluding carboxylic acids is 1. The third kappa shape index (κ3) is 3.57. The first-order valence-corrected chi connectivity index (χ1v) is 7.72. The summed E-state index contributed by atoms with van der Waals surface area (Å²) in [5.41, 5.74) is 0.226. The van der Waals surface area contributed by atoms with Crippen LogP contribution in [0.5, 0.6) is 0 Å². The van der Waals surface area contributed by atoms with Gasteiger partial charge in [-0.05, 0) is 19.1 Å². The Kier molecular flexibility index (Phi) is 4.68. The molecule has 0 bridgehead atoms. The number of rotatable bonds is 4. The fourth-order valence-corrected chi connectivity index (χ4v) is 2.70. The van der Waals surface area contributed by atoms with Gasteiger partial charge in [-0.25, -0.2) is 4.98 Å². The first-order chi connectivity index (χ1) is 11.1. The van der Waals surface area contributed by atoms with Crippen LogP contribution in [-0.2, 0) is 4.74 Å². The number of carbonyl (C=O) groups is 1. The van der Waals surface area contributed by atoms with Crippen LogP contribution in [0.25, 0.3) is 5.65 Å². The number of fused-ring (bicyclic) bond motifs is 1. The van der Waals surface area contributed by atoms with E-state index in [0.29, 0.717) is 5.65 Å². The van der Waals surface area contributed by atoms with E-state index in [-0.39, 0.29) is 23.1 Å². The van der Waals surface area contributed by atoms with Gasteiger partial charge in [-0.3, -0.25) is 18.9 Å². The van der Waals surface area contributed by atoms with Crippen LogP contribution in [0.2, 0.25) is 0 Å². The molecule has 3 heterocycles. The zero-order valence-corrected chi connectivity index (χ0v) is 13.1. The normalized spacial score (nSPS) is 17.1. The zero-order valence-electron chi connectivity index (χ0n) is 13.1. The third-order valence-electron chi connectivity index (χ3n) is 3.87. The third-order valence-corrected chi connectivity index (χ3v) is 3.87. The van der Waals surface area contributed by atoms with Gasteiger partial charge in [0.1, 0.15) is 11.2 Å². The van der Waals surface area contributed by atoms with Gasteiger partial charge in [0.05, 0.1) is 13.2 Å². The summed E-state index contributed by atoms with van der Waals surface area (Å²) in [5.74, 6) is -0.387. The van der Waals surface area contributed by atoms with Crippen molar-refractivity contribution in [1.29, 1.82) is 0 Å². The fraction of sp³-hybridized carbons (Fsp3) is 0.438. The number of ether oxygens (including phenoxy) is 1. The van der Waals surface area contributed by atoms with E-state index in [9.17, 15) is 9.59 Å². The zero-order chi connectivity index (χ0) is 16.2. The topological polar surface area (TPSA) is 75.9 Å². The van der Waals surface area contributed by atoms with E-state index in [1.54, 1.807) is 24.4 Å². The highest BCUT2D eigenvalue weighted by Crippen LogP contribution is 2.01. The molecule has 23 heavy (non-hydrogen) atoms. The molecule has 1 aliphatic rings. The number of aromatic nitrogens is 2. The van der Waals surface area contributed by atoms with Crippen molar-refractivity contribution in [1.82, 2.24) is 19.6 Å². The van der Waals surface area contributed by atoms with Gasteiger partial charge in [0.15, 0.2) is 0 Å². The predicted octanol–water partition coefficient (Wildman–Crippen LogP) is 0.145. The van der Waals surface area contributed by atoms with Crippen LogP contribution >= 0.6 is 0 Å². The van der Waals surface area contributed by atoms with Crippen molar-refractivity contribution in [2.45, 2.75) is 13.0 Å². The summed E-state index contributed by atoms with van der Waals surface area (Å²) >= 11 is 0. The van der Waals surface area contributed by atoms with Gasteiger partial charge in [0, 0.05) is 38.1 Å². The average molecular weight is 316 g/mol. The fourth-order valence-electron chi connectivity index (χ4n) is 2.70. The Bertz CT molecular complexity index is 752. The van der Waals surface area contributed by atoms with E-state index in [4.69, 9.17) is 4.74 Å². The average Bonchev–Trinajstić information content (AvgIpc) is 2.56. The Morgan fingerprint density at radius 3 is 2.96 bits per heavy atom. The number of pyridine rings is 1. The van der Waals surface area contributed by atoms with Crippen LogP contribution in [0.1, 0.15) is 17.3 Å². The molecule has 2 aromatic heterocycles. The van der Waals surface area contributed by atoms with Gasteiger partial charge < -0.3 is 10.1 Å². The van der Waals surface area contributed by atoms with Gasteiger partial charge in [0.25, 0.3) is 11.5 Å². The van der Waals surface area contributed by atoms with E-state index < -0.39 is 0 Å². The van der Waals surface area contributed by atoms with E-state index >= 15 is 0 Å². The van der Waals surface area contributed by atoms with Gasteiger partial charge in [-0.2, -0.15) is 0 Å². The molecule has 1 amide bonds. The Hall–Kier alpha value is -2.25. The maximum absolute atomic E-state index is 12.4. The number of amides is 1. The molecular weight excluding hydrogens is 296 g/mol. The van der Waals surface area contributed by atoms with E-state index in [1.807, 2.05) is 6.92 Å². The second kappa shape index (κ2) is 6.89. The molecule has 0 radical (unpaired) electrons. The van der Waals surface area contributed by atoms with Crippen LogP contribution < -0.4 is 10.9 Å². The molecule has 1 atom stereocenters. The molecule has 3 rings (SSSR count). The number of hydrogen-bond acceptors (Lipinski definition) is 5. The molecule has 2 aromatic rings. The van der Waals surface area contributed by atoms with Crippen molar-refractivity contribution in [3.8, 4) is 0 Å². The summed E-state index contributed by atoms with van der Waals surface area (Å²) in [6, 6.07) is 5.20. The van der Waals surface area contributed by atoms with Gasteiger partial charge >= 0.3 is 0 Å². The lowest BCUT2D eigenvalue weighted by molar-refractivity contribution is 0.0342. The lowest BCUT2D eigenvalue weighted by Gasteiger charge is -2.29. The Balaban J connectivity index is 1.70. The number of hydrogen-bond donors (Lipinski definition) is 1. The SMILES string of the molecule is C[C@H](CN1CCOCC1)NC(=O)c1cnc2ccccn2c1=O. The van der Waals surface area contributed by atoms with Crippen LogP contribution in [0.3, 0.4) is 0 Å². The molecule has 0 aromatic carbocycles. The predicted molar refractivity (Wildman–Crippen MR) is 85.6 cm³/mol. The number of nitrogens with zero attached hydrogens (tertiary/aromatic N) is 3. The lowest BCUT2D eigenvalue weighted by Crippen LogP contribution is -2.46. The molecule has 7 nitrogen and oxygen atoms in total. The Morgan fingerprint density at radius 2 is 2.17 bits per heavy atom. The Morgan fingerprint density at radius 1 is 1.39 bits per heavy atom. The maximum Gasteiger partial charge on any atom is 0.270 e. The van der Waals surface area contributed by atoms with Crippen LogP contribution in [0.4, 0.5) is 0 Å². The van der Waals surface area contributed by atoms with Gasteiger partial charge in [-0.15, -0.1) is 0 Å². The summed E-state index contributed by atoms with van der Waals surface area (Å²) in [7, 11) is 0. The molecule has 1 fully saturated rings. The highest BCUT2D eigenvalue weighted by Gasteiger charge is 2.18. The largest absolute Gasteiger partial charge is 0.379 e. The second-order valence-corrected chi connectivity index (χ2v) is 5.69. The molecule has 0 unspecified atom stereocenters. The van der Waals surface area contributed by atoms with Crippen molar-refractivity contribution in [2.24, 2.45) is 0 Å². The van der Waals surface area contributed by atoms with Crippen LogP contribution in [-0.4, -0.2) is 59.1 Å². The number of nitrogens with one attached hydrogen (secondary N) is 1. The minimum atomic E-state index is -0.387. The quantitative estimate of drug-likeness (QED) is 0.869. The summed E-state index contributed by atoms with van der Waals surface area (Å²) < 4.78 is 6.68. The maximum atomic E-state index is 12.4. The molecular formula is C16H20N4O3. The highest BCUT2D eigenvalue weighted by molar-refractivity contribution is 5.93. The molecule has 1 saturated heterocycles. The second-order valence-electron chi connectivity index (χ2n) is 5.69. The van der Waals surface area contributed by atoms with E-state index in [0.717, 1.165) is 32.8 Å². The lowest BCUT2D eigenvalue weighted by atomic mass is 10.2. The summed E-state index contributed by atoms with van der Waals surface area (Å²) in [5, 5.41) is 2.87. The minimum absolute atomic E-state index is 0.0579. The smallest absolute Gasteiger partial charge is 0.270 e. The van der Waals surface area contributed by atoms with Gasteiger partial charge in [0.2, 0.25) is 0 Å². The van der Waals surface area contributed by atoms with Crippen LogP contribution in [0, 0.1) is 0 Å².